The standard InChI is InChI=1S/C27H42N4O3/c1-7-8-9-10-16-26(33)30(17-13-18-34-6)20-25(32)28-24-19-23(27(3,4)5)29-31(24)22-15-12-11-14-21(22)2/h11-12,14-15,19H,7-10,13,16-18,20H2,1-6H3,(H,28,32). The number of anilines is 1. The van der Waals surface area contributed by atoms with Crippen molar-refractivity contribution in [1.29, 1.82) is 0 Å². The van der Waals surface area contributed by atoms with Gasteiger partial charge in [0.1, 0.15) is 5.82 Å². The Morgan fingerprint density at radius 2 is 1.85 bits per heavy atom. The van der Waals surface area contributed by atoms with Crippen LogP contribution in [-0.4, -0.2) is 53.3 Å². The van der Waals surface area contributed by atoms with Gasteiger partial charge in [0.25, 0.3) is 0 Å². The summed E-state index contributed by atoms with van der Waals surface area (Å²) >= 11 is 0. The lowest BCUT2D eigenvalue weighted by Crippen LogP contribution is -2.39. The predicted octanol–water partition coefficient (Wildman–Crippen LogP) is 5.25. The highest BCUT2D eigenvalue weighted by Gasteiger charge is 2.23. The van der Waals surface area contributed by atoms with Crippen LogP contribution in [0, 0.1) is 6.92 Å². The molecule has 1 aromatic heterocycles. The van der Waals surface area contributed by atoms with Crippen LogP contribution < -0.4 is 5.32 Å². The van der Waals surface area contributed by atoms with Gasteiger partial charge in [0, 0.05) is 38.2 Å². The zero-order chi connectivity index (χ0) is 25.1. The Kier molecular flexibility index (Phi) is 10.8. The molecule has 2 aromatic rings. The first kappa shape index (κ1) is 27.6. The van der Waals surface area contributed by atoms with Crippen LogP contribution in [0.25, 0.3) is 5.69 Å². The number of rotatable bonds is 13. The lowest BCUT2D eigenvalue weighted by atomic mass is 9.92. The molecular formula is C27H42N4O3. The maximum absolute atomic E-state index is 13.1. The minimum Gasteiger partial charge on any atom is -0.385 e. The maximum Gasteiger partial charge on any atom is 0.245 e. The van der Waals surface area contributed by atoms with Gasteiger partial charge in [0.05, 0.1) is 17.9 Å². The number of nitrogens with one attached hydrogen (secondary N) is 1. The van der Waals surface area contributed by atoms with Crippen molar-refractivity contribution < 1.29 is 14.3 Å². The summed E-state index contributed by atoms with van der Waals surface area (Å²) in [6.45, 7) is 11.5. The molecule has 0 fully saturated rings. The van der Waals surface area contributed by atoms with Crippen molar-refractivity contribution in [3.05, 3.63) is 41.6 Å². The van der Waals surface area contributed by atoms with E-state index < -0.39 is 0 Å². The molecule has 1 aromatic carbocycles. The molecule has 0 bridgehead atoms. The molecular weight excluding hydrogens is 428 g/mol. The van der Waals surface area contributed by atoms with Gasteiger partial charge in [-0.15, -0.1) is 0 Å². The van der Waals surface area contributed by atoms with E-state index in [1.54, 1.807) is 16.7 Å². The molecule has 188 valence electrons. The molecule has 0 radical (unpaired) electrons. The Morgan fingerprint density at radius 1 is 1.12 bits per heavy atom. The molecule has 0 atom stereocenters. The number of ether oxygens (including phenoxy) is 1. The Labute approximate surface area is 204 Å². The molecule has 0 aliphatic heterocycles. The average molecular weight is 471 g/mol. The molecule has 1 N–H and O–H groups in total. The first-order valence-corrected chi connectivity index (χ1v) is 12.4. The smallest absolute Gasteiger partial charge is 0.245 e. The predicted molar refractivity (Wildman–Crippen MR) is 137 cm³/mol. The van der Waals surface area contributed by atoms with Crippen LogP contribution in [0.4, 0.5) is 5.82 Å². The number of methoxy groups -OCH3 is 1. The highest BCUT2D eigenvalue weighted by molar-refractivity contribution is 5.94. The van der Waals surface area contributed by atoms with E-state index in [0.717, 1.165) is 42.6 Å². The monoisotopic (exact) mass is 470 g/mol. The van der Waals surface area contributed by atoms with Crippen LogP contribution in [0.5, 0.6) is 0 Å². The van der Waals surface area contributed by atoms with Gasteiger partial charge in [-0.05, 0) is 31.4 Å². The molecule has 2 amide bonds. The Morgan fingerprint density at radius 3 is 2.50 bits per heavy atom. The van der Waals surface area contributed by atoms with Crippen LogP contribution in [0.1, 0.15) is 77.5 Å². The third-order valence-electron chi connectivity index (χ3n) is 5.80. The van der Waals surface area contributed by atoms with E-state index in [1.165, 1.54) is 0 Å². The molecule has 0 spiro atoms. The Hall–Kier alpha value is -2.67. The van der Waals surface area contributed by atoms with E-state index in [1.807, 2.05) is 37.3 Å². The third kappa shape index (κ3) is 8.28. The minimum atomic E-state index is -0.227. The highest BCUT2D eigenvalue weighted by atomic mass is 16.5. The molecule has 2 rings (SSSR count). The molecule has 7 nitrogen and oxygen atoms in total. The first-order chi connectivity index (χ1) is 16.2. The second-order valence-corrected chi connectivity index (χ2v) is 9.88. The van der Waals surface area contributed by atoms with E-state index in [9.17, 15) is 9.59 Å². The van der Waals surface area contributed by atoms with E-state index in [4.69, 9.17) is 9.84 Å². The summed E-state index contributed by atoms with van der Waals surface area (Å²) in [5.74, 6) is 0.399. The van der Waals surface area contributed by atoms with Crippen LogP contribution in [0.3, 0.4) is 0 Å². The summed E-state index contributed by atoms with van der Waals surface area (Å²) in [5.41, 5.74) is 2.69. The molecule has 0 aliphatic rings. The lowest BCUT2D eigenvalue weighted by Gasteiger charge is -2.22. The van der Waals surface area contributed by atoms with Crippen LogP contribution in [0.2, 0.25) is 0 Å². The minimum absolute atomic E-state index is 0.0140. The fraction of sp³-hybridized carbons (Fsp3) is 0.593. The van der Waals surface area contributed by atoms with Crippen molar-refractivity contribution >= 4 is 17.6 Å². The van der Waals surface area contributed by atoms with Crippen molar-refractivity contribution in [1.82, 2.24) is 14.7 Å². The normalized spacial score (nSPS) is 11.5. The second-order valence-electron chi connectivity index (χ2n) is 9.88. The SMILES string of the molecule is CCCCCCC(=O)N(CCCOC)CC(=O)Nc1cc(C(C)(C)C)nn1-c1ccccc1C. The highest BCUT2D eigenvalue weighted by Crippen LogP contribution is 2.27. The largest absolute Gasteiger partial charge is 0.385 e. The number of aromatic nitrogens is 2. The van der Waals surface area contributed by atoms with Gasteiger partial charge in [0.15, 0.2) is 0 Å². The summed E-state index contributed by atoms with van der Waals surface area (Å²) in [5, 5.41) is 7.82. The summed E-state index contributed by atoms with van der Waals surface area (Å²) in [6.07, 6.45) is 5.29. The van der Waals surface area contributed by atoms with Crippen molar-refractivity contribution in [3.8, 4) is 5.69 Å². The first-order valence-electron chi connectivity index (χ1n) is 12.4. The third-order valence-corrected chi connectivity index (χ3v) is 5.80. The number of para-hydroxylation sites is 1. The number of carbonyl (C=O) groups is 2. The molecule has 0 saturated heterocycles. The number of carbonyl (C=O) groups excluding carboxylic acids is 2. The quantitative estimate of drug-likeness (QED) is 0.406. The Bertz CT molecular complexity index is 930. The summed E-state index contributed by atoms with van der Waals surface area (Å²) in [7, 11) is 1.64. The van der Waals surface area contributed by atoms with Gasteiger partial charge >= 0.3 is 0 Å². The van der Waals surface area contributed by atoms with E-state index in [-0.39, 0.29) is 23.8 Å². The number of hydrogen-bond acceptors (Lipinski definition) is 4. The molecule has 1 heterocycles. The lowest BCUT2D eigenvalue weighted by molar-refractivity contribution is -0.135. The van der Waals surface area contributed by atoms with Crippen LogP contribution in [0.15, 0.2) is 30.3 Å². The maximum atomic E-state index is 13.1. The molecule has 0 saturated carbocycles. The van der Waals surface area contributed by atoms with Crippen molar-refractivity contribution in [2.24, 2.45) is 0 Å². The average Bonchev–Trinajstić information content (AvgIpc) is 3.20. The van der Waals surface area contributed by atoms with Crippen molar-refractivity contribution in [2.75, 3.05) is 32.1 Å². The van der Waals surface area contributed by atoms with Crippen LogP contribution >= 0.6 is 0 Å². The van der Waals surface area contributed by atoms with E-state index in [0.29, 0.717) is 31.8 Å². The number of hydrogen-bond donors (Lipinski definition) is 1. The van der Waals surface area contributed by atoms with Gasteiger partial charge in [0.2, 0.25) is 11.8 Å². The number of aryl methyl sites for hydroxylation is 1. The van der Waals surface area contributed by atoms with Crippen LogP contribution in [-0.2, 0) is 19.7 Å². The molecule has 0 unspecified atom stereocenters. The second kappa shape index (κ2) is 13.3. The molecule has 34 heavy (non-hydrogen) atoms. The molecule has 0 aliphatic carbocycles. The van der Waals surface area contributed by atoms with E-state index >= 15 is 0 Å². The summed E-state index contributed by atoms with van der Waals surface area (Å²) in [4.78, 5) is 27.6. The van der Waals surface area contributed by atoms with Crippen molar-refractivity contribution in [2.45, 2.75) is 78.6 Å². The summed E-state index contributed by atoms with van der Waals surface area (Å²) in [6, 6.07) is 9.87. The fourth-order valence-corrected chi connectivity index (χ4v) is 3.73. The van der Waals surface area contributed by atoms with Gasteiger partial charge in [-0.1, -0.05) is 65.2 Å². The zero-order valence-corrected chi connectivity index (χ0v) is 21.8. The number of amides is 2. The van der Waals surface area contributed by atoms with E-state index in [2.05, 4.69) is 33.0 Å². The zero-order valence-electron chi connectivity index (χ0n) is 21.8. The number of benzene rings is 1. The number of unbranched alkanes of at least 4 members (excludes halogenated alkanes) is 3. The van der Waals surface area contributed by atoms with Gasteiger partial charge < -0.3 is 15.0 Å². The Balaban J connectivity index is 2.19. The number of nitrogens with zero attached hydrogens (tertiary/aromatic N) is 3. The van der Waals surface area contributed by atoms with Gasteiger partial charge in [-0.2, -0.15) is 5.10 Å². The topological polar surface area (TPSA) is 76.5 Å². The molecule has 7 heteroatoms. The van der Waals surface area contributed by atoms with Gasteiger partial charge in [-0.3, -0.25) is 9.59 Å². The van der Waals surface area contributed by atoms with Gasteiger partial charge in [-0.25, -0.2) is 4.68 Å². The van der Waals surface area contributed by atoms with Crippen molar-refractivity contribution in [3.63, 3.8) is 0 Å². The fourth-order valence-electron chi connectivity index (χ4n) is 3.73. The summed E-state index contributed by atoms with van der Waals surface area (Å²) < 4.78 is 6.93.